The van der Waals surface area contributed by atoms with Gasteiger partial charge in [-0.3, -0.25) is 4.79 Å². The van der Waals surface area contributed by atoms with Crippen LogP contribution >= 0.6 is 0 Å². The fraction of sp³-hybridized carbons (Fsp3) is 0.250. The molecule has 0 spiro atoms. The maximum Gasteiger partial charge on any atom is 0.229 e. The molecule has 0 aliphatic rings. The summed E-state index contributed by atoms with van der Waals surface area (Å²) in [5.74, 6) is 4.72. The molecule has 0 fully saturated rings. The predicted molar refractivity (Wildman–Crippen MR) is 56.6 cm³/mol. The topological polar surface area (TPSA) is 43.1 Å². The number of benzene rings is 1. The van der Waals surface area contributed by atoms with E-state index in [9.17, 15) is 9.18 Å². The molecule has 0 radical (unpaired) electrons. The lowest BCUT2D eigenvalue weighted by atomic mass is 10.1. The summed E-state index contributed by atoms with van der Waals surface area (Å²) >= 11 is 0. The van der Waals surface area contributed by atoms with Gasteiger partial charge in [0.1, 0.15) is 5.82 Å². The Morgan fingerprint density at radius 1 is 1.40 bits per heavy atom. The molecule has 0 atom stereocenters. The van der Waals surface area contributed by atoms with Crippen LogP contribution in [0.5, 0.6) is 0 Å². The number of primary amides is 1. The SMILES string of the molecule is Cc1cc(C#CCC(N)=O)cc(C)c1F. The summed E-state index contributed by atoms with van der Waals surface area (Å²) in [6, 6.07) is 3.30. The molecule has 0 aromatic heterocycles. The van der Waals surface area contributed by atoms with Crippen molar-refractivity contribution in [3.05, 3.63) is 34.6 Å². The lowest BCUT2D eigenvalue weighted by Crippen LogP contribution is -2.08. The van der Waals surface area contributed by atoms with E-state index in [0.29, 0.717) is 16.7 Å². The van der Waals surface area contributed by atoms with Crippen LogP contribution in [-0.4, -0.2) is 5.91 Å². The van der Waals surface area contributed by atoms with Crippen molar-refractivity contribution in [2.75, 3.05) is 0 Å². The Kier molecular flexibility index (Phi) is 3.46. The van der Waals surface area contributed by atoms with Crippen LogP contribution in [0.25, 0.3) is 0 Å². The van der Waals surface area contributed by atoms with E-state index in [1.165, 1.54) is 0 Å². The minimum Gasteiger partial charge on any atom is -0.369 e. The summed E-state index contributed by atoms with van der Waals surface area (Å²) in [6.45, 7) is 3.36. The molecule has 0 saturated heterocycles. The van der Waals surface area contributed by atoms with Gasteiger partial charge in [0.15, 0.2) is 0 Å². The molecule has 0 aliphatic carbocycles. The average Bonchev–Trinajstić information content (AvgIpc) is 2.13. The van der Waals surface area contributed by atoms with E-state index >= 15 is 0 Å². The smallest absolute Gasteiger partial charge is 0.229 e. The first kappa shape index (κ1) is 11.3. The van der Waals surface area contributed by atoms with Crippen molar-refractivity contribution in [2.45, 2.75) is 20.3 Å². The van der Waals surface area contributed by atoms with Crippen LogP contribution in [0.3, 0.4) is 0 Å². The number of halogens is 1. The first-order valence-electron chi connectivity index (χ1n) is 4.54. The van der Waals surface area contributed by atoms with Gasteiger partial charge in [-0.05, 0) is 37.1 Å². The van der Waals surface area contributed by atoms with E-state index in [0.717, 1.165) is 0 Å². The molecule has 1 aromatic rings. The molecule has 15 heavy (non-hydrogen) atoms. The van der Waals surface area contributed by atoms with Crippen molar-refractivity contribution in [2.24, 2.45) is 5.73 Å². The Morgan fingerprint density at radius 2 is 1.93 bits per heavy atom. The maximum absolute atomic E-state index is 13.2. The van der Waals surface area contributed by atoms with Crippen molar-refractivity contribution in [1.29, 1.82) is 0 Å². The zero-order valence-electron chi connectivity index (χ0n) is 8.73. The summed E-state index contributed by atoms with van der Waals surface area (Å²) in [5, 5.41) is 0. The number of carbonyl (C=O) groups excluding carboxylic acids is 1. The Balaban J connectivity index is 2.95. The summed E-state index contributed by atoms with van der Waals surface area (Å²) in [7, 11) is 0. The lowest BCUT2D eigenvalue weighted by molar-refractivity contribution is -0.117. The highest BCUT2D eigenvalue weighted by Crippen LogP contribution is 2.13. The molecule has 3 heteroatoms. The van der Waals surface area contributed by atoms with Crippen LogP contribution in [-0.2, 0) is 4.79 Å². The number of nitrogens with two attached hydrogens (primary N) is 1. The fourth-order valence-electron chi connectivity index (χ4n) is 1.25. The second kappa shape index (κ2) is 4.61. The summed E-state index contributed by atoms with van der Waals surface area (Å²) in [5.41, 5.74) is 6.75. The minimum absolute atomic E-state index is 0.0233. The van der Waals surface area contributed by atoms with Gasteiger partial charge in [0.25, 0.3) is 0 Å². The Bertz CT molecular complexity index is 431. The number of hydrogen-bond donors (Lipinski definition) is 1. The number of rotatable bonds is 1. The van der Waals surface area contributed by atoms with Crippen LogP contribution in [0, 0.1) is 31.5 Å². The standard InChI is InChI=1S/C12H12FNO/c1-8-6-10(4-3-5-11(14)15)7-9(2)12(8)13/h6-7H,5H2,1-2H3,(H2,14,15). The predicted octanol–water partition coefficient (Wildman–Crippen LogP) is 1.67. The Morgan fingerprint density at radius 3 is 2.40 bits per heavy atom. The van der Waals surface area contributed by atoms with Gasteiger partial charge in [-0.2, -0.15) is 0 Å². The first-order chi connectivity index (χ1) is 7.00. The molecular weight excluding hydrogens is 193 g/mol. The van der Waals surface area contributed by atoms with Gasteiger partial charge in [-0.25, -0.2) is 4.39 Å². The average molecular weight is 205 g/mol. The van der Waals surface area contributed by atoms with Crippen LogP contribution in [0.15, 0.2) is 12.1 Å². The summed E-state index contributed by atoms with van der Waals surface area (Å²) < 4.78 is 13.2. The van der Waals surface area contributed by atoms with Crippen molar-refractivity contribution in [1.82, 2.24) is 0 Å². The molecule has 2 nitrogen and oxygen atoms in total. The quantitative estimate of drug-likeness (QED) is 0.696. The van der Waals surface area contributed by atoms with Crippen LogP contribution in [0.1, 0.15) is 23.1 Å². The lowest BCUT2D eigenvalue weighted by Gasteiger charge is -2.01. The molecule has 0 unspecified atom stereocenters. The van der Waals surface area contributed by atoms with Gasteiger partial charge in [0.2, 0.25) is 5.91 Å². The molecule has 78 valence electrons. The van der Waals surface area contributed by atoms with E-state index in [1.807, 2.05) is 0 Å². The van der Waals surface area contributed by atoms with Crippen LogP contribution < -0.4 is 5.73 Å². The number of aryl methyl sites for hydroxylation is 2. The van der Waals surface area contributed by atoms with Crippen molar-refractivity contribution in [3.63, 3.8) is 0 Å². The highest BCUT2D eigenvalue weighted by Gasteiger charge is 2.02. The Labute approximate surface area is 88.3 Å². The number of amides is 1. The third-order valence-electron chi connectivity index (χ3n) is 1.93. The highest BCUT2D eigenvalue weighted by molar-refractivity contribution is 5.76. The monoisotopic (exact) mass is 205 g/mol. The number of hydrogen-bond acceptors (Lipinski definition) is 1. The van der Waals surface area contributed by atoms with E-state index < -0.39 is 5.91 Å². The molecule has 0 aliphatic heterocycles. The molecule has 1 aromatic carbocycles. The Hall–Kier alpha value is -1.82. The minimum atomic E-state index is -0.460. The van der Waals surface area contributed by atoms with Gasteiger partial charge in [-0.15, -0.1) is 0 Å². The van der Waals surface area contributed by atoms with Crippen LogP contribution in [0.2, 0.25) is 0 Å². The van der Waals surface area contributed by atoms with Gasteiger partial charge in [0, 0.05) is 5.56 Å². The zero-order valence-corrected chi connectivity index (χ0v) is 8.73. The van der Waals surface area contributed by atoms with E-state index in [4.69, 9.17) is 5.73 Å². The maximum atomic E-state index is 13.2. The largest absolute Gasteiger partial charge is 0.369 e. The van der Waals surface area contributed by atoms with Crippen molar-refractivity contribution in [3.8, 4) is 11.8 Å². The second-order valence-corrected chi connectivity index (χ2v) is 3.37. The zero-order chi connectivity index (χ0) is 11.4. The first-order valence-corrected chi connectivity index (χ1v) is 4.54. The summed E-state index contributed by atoms with van der Waals surface area (Å²) in [4.78, 5) is 10.4. The fourth-order valence-corrected chi connectivity index (χ4v) is 1.25. The van der Waals surface area contributed by atoms with Crippen LogP contribution in [0.4, 0.5) is 4.39 Å². The summed E-state index contributed by atoms with van der Waals surface area (Å²) in [6.07, 6.45) is 0.0233. The van der Waals surface area contributed by atoms with Crippen molar-refractivity contribution < 1.29 is 9.18 Å². The third kappa shape index (κ3) is 3.10. The van der Waals surface area contributed by atoms with Crippen molar-refractivity contribution >= 4 is 5.91 Å². The molecular formula is C12H12FNO. The third-order valence-corrected chi connectivity index (χ3v) is 1.93. The van der Waals surface area contributed by atoms with Gasteiger partial charge < -0.3 is 5.73 Å². The van der Waals surface area contributed by atoms with E-state index in [-0.39, 0.29) is 12.2 Å². The van der Waals surface area contributed by atoms with Gasteiger partial charge in [0.05, 0.1) is 6.42 Å². The van der Waals surface area contributed by atoms with E-state index in [1.54, 1.807) is 26.0 Å². The molecule has 0 heterocycles. The molecule has 0 saturated carbocycles. The number of carbonyl (C=O) groups is 1. The molecule has 2 N–H and O–H groups in total. The van der Waals surface area contributed by atoms with E-state index in [2.05, 4.69) is 11.8 Å². The normalized spacial score (nSPS) is 9.27. The molecule has 1 rings (SSSR count). The highest BCUT2D eigenvalue weighted by atomic mass is 19.1. The van der Waals surface area contributed by atoms with Gasteiger partial charge in [-0.1, -0.05) is 11.8 Å². The molecule has 1 amide bonds. The second-order valence-electron chi connectivity index (χ2n) is 3.37. The molecule has 0 bridgehead atoms. The van der Waals surface area contributed by atoms with Gasteiger partial charge >= 0.3 is 0 Å².